The van der Waals surface area contributed by atoms with Gasteiger partial charge < -0.3 is 26.2 Å². The number of ketones is 1. The van der Waals surface area contributed by atoms with E-state index in [-0.39, 0.29) is 35.5 Å². The van der Waals surface area contributed by atoms with Crippen molar-refractivity contribution >= 4 is 51.1 Å². The van der Waals surface area contributed by atoms with Gasteiger partial charge in [-0.15, -0.1) is 0 Å². The van der Waals surface area contributed by atoms with Crippen LogP contribution in [0.15, 0.2) is 24.3 Å². The number of Topliss-reactive ketones (excluding diaryl/α,β-unsaturated/α-hetero) is 1. The Balaban J connectivity index is 1.55. The number of hydrogen-bond donors (Lipinski definition) is 6. The van der Waals surface area contributed by atoms with Gasteiger partial charge >= 0.3 is 5.97 Å². The fraction of sp³-hybridized carbons (Fsp3) is 0.607. The molecule has 0 bridgehead atoms. The number of amides is 3. The quantitative estimate of drug-likeness (QED) is 0.214. The van der Waals surface area contributed by atoms with E-state index in [0.29, 0.717) is 32.2 Å². The molecule has 1 aromatic carbocycles. The molecule has 1 saturated carbocycles. The van der Waals surface area contributed by atoms with Crippen LogP contribution in [0.4, 0.5) is 0 Å². The molecule has 41 heavy (non-hydrogen) atoms. The Morgan fingerprint density at radius 1 is 0.976 bits per heavy atom. The fourth-order valence-electron chi connectivity index (χ4n) is 6.19. The molecule has 0 radical (unpaired) electrons. The van der Waals surface area contributed by atoms with Gasteiger partial charge in [-0.2, -0.15) is 0 Å². The summed E-state index contributed by atoms with van der Waals surface area (Å²) >= 11 is 0. The number of carbonyl (C=O) groups excluding carboxylic acids is 4. The molecule has 224 valence electrons. The summed E-state index contributed by atoms with van der Waals surface area (Å²) in [6.45, 7) is 1.96. The summed E-state index contributed by atoms with van der Waals surface area (Å²) in [7, 11) is 2.42. The Morgan fingerprint density at radius 2 is 1.66 bits per heavy atom. The molecule has 6 N–H and O–H groups in total. The number of rotatable bonds is 5. The van der Waals surface area contributed by atoms with Crippen molar-refractivity contribution in [3.8, 4) is 5.75 Å². The van der Waals surface area contributed by atoms with Crippen LogP contribution in [-0.4, -0.2) is 81.9 Å². The van der Waals surface area contributed by atoms with Gasteiger partial charge in [0.15, 0.2) is 11.3 Å². The van der Waals surface area contributed by atoms with Crippen molar-refractivity contribution < 1.29 is 34.2 Å². The number of phenolic OH excluding ortho intramolecular Hbond substituents is 1. The summed E-state index contributed by atoms with van der Waals surface area (Å²) in [6, 6.07) is 4.32. The monoisotopic (exact) mass is 606 g/mol. The van der Waals surface area contributed by atoms with Crippen LogP contribution in [0.25, 0.3) is 0 Å². The highest BCUT2D eigenvalue weighted by Gasteiger charge is 2.54. The molecule has 13 heteroatoms. The first-order valence-electron chi connectivity index (χ1n) is 14.0. The highest BCUT2D eigenvalue weighted by Crippen LogP contribution is 2.40. The number of phenols is 1. The van der Waals surface area contributed by atoms with Crippen molar-refractivity contribution in [1.82, 2.24) is 21.3 Å². The van der Waals surface area contributed by atoms with Crippen LogP contribution >= 0.6 is 21.6 Å². The van der Waals surface area contributed by atoms with Gasteiger partial charge in [0.25, 0.3) is 0 Å². The molecule has 3 amide bonds. The van der Waals surface area contributed by atoms with E-state index >= 15 is 0 Å². The van der Waals surface area contributed by atoms with E-state index in [1.54, 1.807) is 12.1 Å². The van der Waals surface area contributed by atoms with Crippen molar-refractivity contribution in [3.05, 3.63) is 29.8 Å². The molecule has 4 rings (SSSR count). The maximum Gasteiger partial charge on any atom is 0.327 e. The number of aromatic hydroxyl groups is 1. The lowest BCUT2D eigenvalue weighted by atomic mass is 9.71. The third-order valence-electron chi connectivity index (χ3n) is 8.54. The van der Waals surface area contributed by atoms with Crippen LogP contribution in [0.1, 0.15) is 63.4 Å². The molecule has 3 fully saturated rings. The van der Waals surface area contributed by atoms with Crippen molar-refractivity contribution in [1.29, 1.82) is 0 Å². The first-order chi connectivity index (χ1) is 19.6. The minimum absolute atomic E-state index is 0.0739. The van der Waals surface area contributed by atoms with Gasteiger partial charge in [-0.25, -0.2) is 4.79 Å². The Hall–Kier alpha value is -2.77. The number of hydrogen-bond acceptors (Lipinski definition) is 9. The molecule has 2 saturated heterocycles. The smallest absolute Gasteiger partial charge is 0.327 e. The lowest BCUT2D eigenvalue weighted by molar-refractivity contribution is -0.144. The zero-order valence-corrected chi connectivity index (χ0v) is 24.7. The topological polar surface area (TPSA) is 174 Å². The van der Waals surface area contributed by atoms with Crippen LogP contribution in [0.2, 0.25) is 0 Å². The van der Waals surface area contributed by atoms with Crippen molar-refractivity contribution in [3.63, 3.8) is 0 Å². The minimum atomic E-state index is -1.59. The van der Waals surface area contributed by atoms with Gasteiger partial charge in [-0.05, 0) is 56.8 Å². The van der Waals surface area contributed by atoms with Gasteiger partial charge in [0.05, 0.1) is 5.41 Å². The molecule has 0 unspecified atom stereocenters. The van der Waals surface area contributed by atoms with Crippen molar-refractivity contribution in [2.24, 2.45) is 5.41 Å². The van der Waals surface area contributed by atoms with Crippen molar-refractivity contribution in [2.45, 2.75) is 75.4 Å². The minimum Gasteiger partial charge on any atom is -0.508 e. The molecule has 0 aromatic heterocycles. The fourth-order valence-corrected chi connectivity index (χ4v) is 8.50. The van der Waals surface area contributed by atoms with E-state index in [2.05, 4.69) is 21.3 Å². The maximum atomic E-state index is 13.9. The van der Waals surface area contributed by atoms with E-state index in [9.17, 15) is 34.2 Å². The molecular weight excluding hydrogens is 568 g/mol. The zero-order valence-electron chi connectivity index (χ0n) is 23.1. The highest BCUT2D eigenvalue weighted by molar-refractivity contribution is 8.76. The van der Waals surface area contributed by atoms with Crippen LogP contribution in [0, 0.1) is 5.41 Å². The lowest BCUT2D eigenvalue weighted by Gasteiger charge is -2.37. The second kappa shape index (κ2) is 13.5. The van der Waals surface area contributed by atoms with E-state index in [4.69, 9.17) is 0 Å². The molecule has 1 aromatic rings. The van der Waals surface area contributed by atoms with Crippen LogP contribution in [0.3, 0.4) is 0 Å². The average molecular weight is 607 g/mol. The van der Waals surface area contributed by atoms with E-state index < -0.39 is 46.7 Å². The van der Waals surface area contributed by atoms with Gasteiger partial charge in [0.1, 0.15) is 17.8 Å². The number of carbonyl (C=O) groups is 5. The first-order valence-corrected chi connectivity index (χ1v) is 16.5. The SMILES string of the molecule is CC(=O)[C@@]1(C(=O)N[C@H]2CSSC[C@@H](C(=O)O)NC(=O)C3(CCCCC3)CCNC2=O)NCC[C@@H]1c1ccc(O)cc1. The Bertz CT molecular complexity index is 1160. The lowest BCUT2D eigenvalue weighted by Crippen LogP contribution is -2.64. The molecule has 1 spiro atoms. The maximum absolute atomic E-state index is 13.9. The summed E-state index contributed by atoms with van der Waals surface area (Å²) in [5, 5.41) is 31.0. The predicted molar refractivity (Wildman–Crippen MR) is 156 cm³/mol. The normalized spacial score (nSPS) is 29.2. The Labute approximate surface area is 247 Å². The largest absolute Gasteiger partial charge is 0.508 e. The van der Waals surface area contributed by atoms with E-state index in [1.807, 2.05) is 0 Å². The predicted octanol–water partition coefficient (Wildman–Crippen LogP) is 1.70. The van der Waals surface area contributed by atoms with Gasteiger partial charge in [-0.3, -0.25) is 24.5 Å². The van der Waals surface area contributed by atoms with Gasteiger partial charge in [0, 0.05) is 24.0 Å². The number of carboxylic acid groups (broad SMARTS) is 1. The number of nitrogens with one attached hydrogen (secondary N) is 4. The van der Waals surface area contributed by atoms with Crippen LogP contribution < -0.4 is 21.3 Å². The van der Waals surface area contributed by atoms with E-state index in [0.717, 1.165) is 24.8 Å². The number of aliphatic carboxylic acids is 1. The Kier molecular flexibility index (Phi) is 10.2. The number of benzene rings is 1. The summed E-state index contributed by atoms with van der Waals surface area (Å²) in [6.07, 6.45) is 4.82. The molecule has 1 aliphatic carbocycles. The van der Waals surface area contributed by atoms with E-state index in [1.165, 1.54) is 40.6 Å². The standard InChI is InChI=1S/C28H38N4O7S2/c1-17(33)28(20(9-13-30-28)18-5-7-19(34)8-6-18)26(39)31-21-15-40-41-16-22(24(36)37)32-25(38)27(10-3-2-4-11-27)12-14-29-23(21)35/h5-8,20-22,30,34H,2-4,9-16H2,1H3,(H,29,35)(H,31,39)(H,32,38)(H,36,37)/t20-,21+,22+,28-/m1/s1. The molecular formula is C28H38N4O7S2. The average Bonchev–Trinajstić information content (AvgIpc) is 3.41. The molecule has 4 atom stereocenters. The zero-order chi connectivity index (χ0) is 29.6. The third kappa shape index (κ3) is 6.83. The van der Waals surface area contributed by atoms with Crippen LogP contribution in [-0.2, 0) is 24.0 Å². The highest BCUT2D eigenvalue weighted by atomic mass is 33.1. The molecule has 11 nitrogen and oxygen atoms in total. The van der Waals surface area contributed by atoms with Crippen molar-refractivity contribution in [2.75, 3.05) is 24.6 Å². The second-order valence-electron chi connectivity index (χ2n) is 11.1. The third-order valence-corrected chi connectivity index (χ3v) is 11.0. The van der Waals surface area contributed by atoms with Crippen LogP contribution in [0.5, 0.6) is 5.75 Å². The summed E-state index contributed by atoms with van der Waals surface area (Å²) in [5.74, 6) is -3.04. The second-order valence-corrected chi connectivity index (χ2v) is 13.6. The number of carboxylic acids is 1. The Morgan fingerprint density at radius 3 is 2.32 bits per heavy atom. The van der Waals surface area contributed by atoms with Gasteiger partial charge in [0.2, 0.25) is 17.7 Å². The molecule has 3 aliphatic rings. The molecule has 2 heterocycles. The summed E-state index contributed by atoms with van der Waals surface area (Å²) < 4.78 is 0. The van der Waals surface area contributed by atoms with Gasteiger partial charge in [-0.1, -0.05) is 53.0 Å². The summed E-state index contributed by atoms with van der Waals surface area (Å²) in [4.78, 5) is 65.5. The molecule has 2 aliphatic heterocycles. The first kappa shape index (κ1) is 31.2. The summed E-state index contributed by atoms with van der Waals surface area (Å²) in [5.41, 5.74) is -1.63.